The molecule has 1 aromatic heterocycles. The SMILES string of the molecule is COc1cccc(Nc2n[nH]c3c2Cc2cc4c(cc2-3)OCO4)c1. The lowest BCUT2D eigenvalue weighted by molar-refractivity contribution is 0.174. The number of rotatable bonds is 3. The van der Waals surface area contributed by atoms with Crippen LogP contribution in [0.15, 0.2) is 36.4 Å². The Balaban J connectivity index is 1.50. The summed E-state index contributed by atoms with van der Waals surface area (Å²) in [7, 11) is 1.66. The summed E-state index contributed by atoms with van der Waals surface area (Å²) in [5.74, 6) is 3.24. The molecule has 2 heterocycles. The Morgan fingerprint density at radius 2 is 2.04 bits per heavy atom. The zero-order valence-electron chi connectivity index (χ0n) is 13.1. The van der Waals surface area contributed by atoms with Gasteiger partial charge in [-0.05, 0) is 29.8 Å². The van der Waals surface area contributed by atoms with Crippen LogP contribution in [0.3, 0.4) is 0 Å². The summed E-state index contributed by atoms with van der Waals surface area (Å²) in [5.41, 5.74) is 5.47. The molecule has 6 heteroatoms. The quantitative estimate of drug-likeness (QED) is 0.605. The fraction of sp³-hybridized carbons (Fsp3) is 0.167. The molecular formula is C18H15N3O3. The zero-order valence-corrected chi connectivity index (χ0v) is 13.1. The van der Waals surface area contributed by atoms with Crippen molar-refractivity contribution >= 4 is 11.5 Å². The minimum atomic E-state index is 0.288. The molecule has 6 nitrogen and oxygen atoms in total. The molecule has 2 N–H and O–H groups in total. The molecule has 0 atom stereocenters. The summed E-state index contributed by atoms with van der Waals surface area (Å²) in [4.78, 5) is 0. The summed E-state index contributed by atoms with van der Waals surface area (Å²) in [6.45, 7) is 0.288. The van der Waals surface area contributed by atoms with E-state index in [0.29, 0.717) is 0 Å². The predicted molar refractivity (Wildman–Crippen MR) is 89.2 cm³/mol. The van der Waals surface area contributed by atoms with Crippen LogP contribution < -0.4 is 19.5 Å². The standard InChI is InChI=1S/C18H15N3O3/c1-22-12-4-2-3-11(7-12)19-18-14-5-10-6-15-16(24-9-23-15)8-13(10)17(14)20-21-18/h2-4,6-8H,5,9H2,1H3,(H2,19,20,21). The van der Waals surface area contributed by atoms with E-state index >= 15 is 0 Å². The number of methoxy groups -OCH3 is 1. The van der Waals surface area contributed by atoms with Crippen molar-refractivity contribution < 1.29 is 14.2 Å². The van der Waals surface area contributed by atoms with Gasteiger partial charge in [-0.1, -0.05) is 6.07 Å². The Bertz CT molecular complexity index is 949. The number of nitrogens with zero attached hydrogens (tertiary/aromatic N) is 1. The van der Waals surface area contributed by atoms with Gasteiger partial charge in [0.15, 0.2) is 17.3 Å². The number of nitrogens with one attached hydrogen (secondary N) is 2. The van der Waals surface area contributed by atoms with Crippen molar-refractivity contribution in [3.8, 4) is 28.5 Å². The molecule has 0 saturated heterocycles. The van der Waals surface area contributed by atoms with Gasteiger partial charge in [0, 0.05) is 29.3 Å². The molecule has 2 aromatic carbocycles. The van der Waals surface area contributed by atoms with E-state index in [1.54, 1.807) is 7.11 Å². The van der Waals surface area contributed by atoms with Crippen LogP contribution in [-0.4, -0.2) is 24.1 Å². The van der Waals surface area contributed by atoms with Gasteiger partial charge in [-0.25, -0.2) is 0 Å². The molecule has 1 aliphatic carbocycles. The van der Waals surface area contributed by atoms with Crippen LogP contribution in [0.5, 0.6) is 17.2 Å². The van der Waals surface area contributed by atoms with Gasteiger partial charge in [0.25, 0.3) is 0 Å². The average molecular weight is 321 g/mol. The highest BCUT2D eigenvalue weighted by Gasteiger charge is 2.28. The third-order valence-corrected chi connectivity index (χ3v) is 4.43. The Labute approximate surface area is 138 Å². The van der Waals surface area contributed by atoms with Gasteiger partial charge in [0.1, 0.15) is 5.75 Å². The second-order valence-corrected chi connectivity index (χ2v) is 5.82. The van der Waals surface area contributed by atoms with Crippen LogP contribution in [0.25, 0.3) is 11.3 Å². The van der Waals surface area contributed by atoms with Crippen molar-refractivity contribution in [1.82, 2.24) is 10.2 Å². The summed E-state index contributed by atoms with van der Waals surface area (Å²) < 4.78 is 16.2. The maximum absolute atomic E-state index is 5.48. The highest BCUT2D eigenvalue weighted by molar-refractivity contribution is 5.81. The molecule has 24 heavy (non-hydrogen) atoms. The van der Waals surface area contributed by atoms with E-state index in [1.165, 1.54) is 5.56 Å². The first-order chi connectivity index (χ1) is 11.8. The second kappa shape index (κ2) is 4.92. The Morgan fingerprint density at radius 3 is 2.92 bits per heavy atom. The van der Waals surface area contributed by atoms with Crippen LogP contribution in [0.4, 0.5) is 11.5 Å². The maximum Gasteiger partial charge on any atom is 0.231 e. The summed E-state index contributed by atoms with van der Waals surface area (Å²) >= 11 is 0. The van der Waals surface area contributed by atoms with Crippen LogP contribution >= 0.6 is 0 Å². The third kappa shape index (κ3) is 1.93. The fourth-order valence-electron chi connectivity index (χ4n) is 3.25. The van der Waals surface area contributed by atoms with Crippen molar-refractivity contribution in [3.05, 3.63) is 47.5 Å². The van der Waals surface area contributed by atoms with Crippen molar-refractivity contribution in [2.24, 2.45) is 0 Å². The van der Waals surface area contributed by atoms with E-state index in [4.69, 9.17) is 14.2 Å². The molecule has 0 unspecified atom stereocenters. The van der Waals surface area contributed by atoms with Gasteiger partial charge in [0.2, 0.25) is 6.79 Å². The average Bonchev–Trinajstić information content (AvgIpc) is 3.29. The normalized spacial score (nSPS) is 13.5. The molecule has 0 saturated carbocycles. The Hall–Kier alpha value is -3.15. The first-order valence-electron chi connectivity index (χ1n) is 7.73. The van der Waals surface area contributed by atoms with Gasteiger partial charge in [-0.2, -0.15) is 5.10 Å². The number of hydrogen-bond acceptors (Lipinski definition) is 5. The van der Waals surface area contributed by atoms with E-state index in [1.807, 2.05) is 30.3 Å². The van der Waals surface area contributed by atoms with Crippen molar-refractivity contribution in [2.45, 2.75) is 6.42 Å². The minimum Gasteiger partial charge on any atom is -0.497 e. The second-order valence-electron chi connectivity index (χ2n) is 5.82. The monoisotopic (exact) mass is 321 g/mol. The van der Waals surface area contributed by atoms with Gasteiger partial charge >= 0.3 is 0 Å². The molecule has 3 aromatic rings. The van der Waals surface area contributed by atoms with Gasteiger partial charge in [-0.3, -0.25) is 5.10 Å². The molecule has 0 fully saturated rings. The molecular weight excluding hydrogens is 306 g/mol. The lowest BCUT2D eigenvalue weighted by atomic mass is 10.1. The van der Waals surface area contributed by atoms with Crippen molar-refractivity contribution in [2.75, 3.05) is 19.2 Å². The summed E-state index contributed by atoms with van der Waals surface area (Å²) in [5, 5.41) is 10.9. The number of anilines is 2. The number of aromatic nitrogens is 2. The number of benzene rings is 2. The van der Waals surface area contributed by atoms with E-state index < -0.39 is 0 Å². The largest absolute Gasteiger partial charge is 0.497 e. The first kappa shape index (κ1) is 13.3. The predicted octanol–water partition coefficient (Wildman–Crippen LogP) is 3.46. The van der Waals surface area contributed by atoms with Gasteiger partial charge in [-0.15, -0.1) is 0 Å². The number of hydrogen-bond donors (Lipinski definition) is 2. The van der Waals surface area contributed by atoms with Crippen LogP contribution in [0, 0.1) is 0 Å². The first-order valence-corrected chi connectivity index (χ1v) is 7.73. The van der Waals surface area contributed by atoms with Crippen molar-refractivity contribution in [1.29, 1.82) is 0 Å². The van der Waals surface area contributed by atoms with Crippen LogP contribution in [-0.2, 0) is 6.42 Å². The molecule has 0 bridgehead atoms. The molecule has 0 spiro atoms. The van der Waals surface area contributed by atoms with Crippen LogP contribution in [0.1, 0.15) is 11.1 Å². The number of ether oxygens (including phenoxy) is 3. The van der Waals surface area contributed by atoms with E-state index in [-0.39, 0.29) is 6.79 Å². The molecule has 2 aliphatic rings. The highest BCUT2D eigenvalue weighted by Crippen LogP contribution is 2.45. The minimum absolute atomic E-state index is 0.288. The van der Waals surface area contributed by atoms with Gasteiger partial charge < -0.3 is 19.5 Å². The van der Waals surface area contributed by atoms with E-state index in [0.717, 1.165) is 52.0 Å². The number of fused-ring (bicyclic) bond motifs is 4. The summed E-state index contributed by atoms with van der Waals surface area (Å²) in [6.07, 6.45) is 0.810. The fourth-order valence-corrected chi connectivity index (χ4v) is 3.25. The molecule has 120 valence electrons. The molecule has 1 aliphatic heterocycles. The summed E-state index contributed by atoms with van der Waals surface area (Å²) in [6, 6.07) is 11.9. The van der Waals surface area contributed by atoms with Crippen molar-refractivity contribution in [3.63, 3.8) is 0 Å². The zero-order chi connectivity index (χ0) is 16.1. The number of aromatic amines is 1. The number of H-pyrrole nitrogens is 1. The molecule has 0 radical (unpaired) electrons. The molecule has 0 amide bonds. The van der Waals surface area contributed by atoms with E-state index in [2.05, 4.69) is 21.6 Å². The van der Waals surface area contributed by atoms with Crippen LogP contribution in [0.2, 0.25) is 0 Å². The Kier molecular flexibility index (Phi) is 2.73. The topological polar surface area (TPSA) is 68.4 Å². The highest BCUT2D eigenvalue weighted by atomic mass is 16.7. The Morgan fingerprint density at radius 1 is 1.17 bits per heavy atom. The van der Waals surface area contributed by atoms with Gasteiger partial charge in [0.05, 0.1) is 12.8 Å². The third-order valence-electron chi connectivity index (χ3n) is 4.43. The lowest BCUT2D eigenvalue weighted by Gasteiger charge is -2.07. The smallest absolute Gasteiger partial charge is 0.231 e. The lowest BCUT2D eigenvalue weighted by Crippen LogP contribution is -1.95. The molecule has 5 rings (SSSR count). The van der Waals surface area contributed by atoms with E-state index in [9.17, 15) is 0 Å². The maximum atomic E-state index is 5.48.